The third-order valence-corrected chi connectivity index (χ3v) is 5.83. The molecule has 1 N–H and O–H groups in total. The molecule has 0 unspecified atom stereocenters. The van der Waals surface area contributed by atoms with Crippen LogP contribution in [0.1, 0.15) is 50.5 Å². The third-order valence-electron chi connectivity index (χ3n) is 4.79. The van der Waals surface area contributed by atoms with Crippen molar-refractivity contribution >= 4 is 45.0 Å². The summed E-state index contributed by atoms with van der Waals surface area (Å²) in [7, 11) is 0. The number of fused-ring (bicyclic) bond motifs is 1. The molecular formula is C24H27N3O4S. The zero-order valence-corrected chi connectivity index (χ0v) is 19.7. The van der Waals surface area contributed by atoms with Gasteiger partial charge in [-0.1, -0.05) is 44.2 Å². The molecule has 0 spiro atoms. The number of anilines is 1. The predicted octanol–water partition coefficient (Wildman–Crippen LogP) is 4.26. The summed E-state index contributed by atoms with van der Waals surface area (Å²) in [6, 6.07) is 12.7. The second-order valence-electron chi connectivity index (χ2n) is 8.38. The lowest BCUT2D eigenvalue weighted by Crippen LogP contribution is -2.23. The number of nitrogens with one attached hydrogen (secondary N) is 1. The van der Waals surface area contributed by atoms with E-state index < -0.39 is 11.9 Å². The maximum atomic E-state index is 12.9. The van der Waals surface area contributed by atoms with Gasteiger partial charge in [0.1, 0.15) is 6.54 Å². The van der Waals surface area contributed by atoms with Crippen LogP contribution in [0.15, 0.2) is 47.5 Å². The van der Waals surface area contributed by atoms with Gasteiger partial charge in [-0.2, -0.15) is 4.99 Å². The Bertz CT molecular complexity index is 1230. The molecule has 0 saturated heterocycles. The normalized spacial score (nSPS) is 12.1. The fourth-order valence-corrected chi connectivity index (χ4v) is 4.26. The SMILES string of the molecule is CCOC(=O)Cn1c(=NC(=O)c2ccc(C(C)(C)C)cc2)sc2cc(NC(C)=O)ccc21. The van der Waals surface area contributed by atoms with E-state index in [1.54, 1.807) is 41.8 Å². The summed E-state index contributed by atoms with van der Waals surface area (Å²) >= 11 is 1.27. The molecule has 7 nitrogen and oxygen atoms in total. The van der Waals surface area contributed by atoms with Gasteiger partial charge in [0.2, 0.25) is 5.91 Å². The second kappa shape index (κ2) is 9.48. The Labute approximate surface area is 190 Å². The van der Waals surface area contributed by atoms with E-state index in [1.165, 1.54) is 18.3 Å². The molecule has 3 rings (SSSR count). The molecule has 0 aliphatic carbocycles. The molecule has 0 fully saturated rings. The lowest BCUT2D eigenvalue weighted by atomic mass is 9.87. The summed E-state index contributed by atoms with van der Waals surface area (Å²) in [4.78, 5) is 41.2. The number of carbonyl (C=O) groups excluding carboxylic acids is 3. The monoisotopic (exact) mass is 453 g/mol. The van der Waals surface area contributed by atoms with Crippen LogP contribution in [-0.4, -0.2) is 29.0 Å². The summed E-state index contributed by atoms with van der Waals surface area (Å²) in [6.07, 6.45) is 0. The molecule has 0 saturated carbocycles. The minimum absolute atomic E-state index is 0.0154. The van der Waals surface area contributed by atoms with Gasteiger partial charge >= 0.3 is 5.97 Å². The Morgan fingerprint density at radius 1 is 1.09 bits per heavy atom. The van der Waals surface area contributed by atoms with E-state index in [1.807, 2.05) is 12.1 Å². The smallest absolute Gasteiger partial charge is 0.326 e. The van der Waals surface area contributed by atoms with Gasteiger partial charge in [0.25, 0.3) is 5.91 Å². The number of nitrogens with zero attached hydrogens (tertiary/aromatic N) is 2. The van der Waals surface area contributed by atoms with Crippen molar-refractivity contribution in [2.75, 3.05) is 11.9 Å². The van der Waals surface area contributed by atoms with Crippen molar-refractivity contribution in [1.29, 1.82) is 0 Å². The van der Waals surface area contributed by atoms with Crippen molar-refractivity contribution in [1.82, 2.24) is 4.57 Å². The van der Waals surface area contributed by atoms with Gasteiger partial charge in [-0.15, -0.1) is 0 Å². The standard InChI is InChI=1S/C24H27N3O4S/c1-6-31-21(29)14-27-19-12-11-18(25-15(2)28)13-20(19)32-23(27)26-22(30)16-7-9-17(10-8-16)24(3,4)5/h7-13H,6,14H2,1-5H3,(H,25,28). The molecule has 0 aliphatic heterocycles. The number of hydrogen-bond acceptors (Lipinski definition) is 5. The van der Waals surface area contributed by atoms with Crippen LogP contribution >= 0.6 is 11.3 Å². The van der Waals surface area contributed by atoms with Gasteiger partial charge in [-0.05, 0) is 48.2 Å². The maximum Gasteiger partial charge on any atom is 0.326 e. The Morgan fingerprint density at radius 3 is 2.38 bits per heavy atom. The topological polar surface area (TPSA) is 89.8 Å². The average molecular weight is 454 g/mol. The molecule has 8 heteroatoms. The van der Waals surface area contributed by atoms with Crippen molar-refractivity contribution in [2.45, 2.75) is 46.6 Å². The minimum Gasteiger partial charge on any atom is -0.465 e. The molecule has 0 aliphatic rings. The Balaban J connectivity index is 2.05. The van der Waals surface area contributed by atoms with E-state index in [2.05, 4.69) is 31.1 Å². The molecule has 2 aromatic carbocycles. The number of amides is 2. The third kappa shape index (κ3) is 5.50. The van der Waals surface area contributed by atoms with Crippen LogP contribution in [0, 0.1) is 0 Å². The quantitative estimate of drug-likeness (QED) is 0.585. The Kier molecular flexibility index (Phi) is 6.93. The van der Waals surface area contributed by atoms with Crippen molar-refractivity contribution in [3.8, 4) is 0 Å². The number of hydrogen-bond donors (Lipinski definition) is 1. The molecule has 168 valence electrons. The first-order valence-corrected chi connectivity index (χ1v) is 11.2. The van der Waals surface area contributed by atoms with Crippen molar-refractivity contribution in [3.05, 3.63) is 58.4 Å². The van der Waals surface area contributed by atoms with Crippen LogP contribution in [0.25, 0.3) is 10.2 Å². The lowest BCUT2D eigenvalue weighted by Gasteiger charge is -2.18. The number of rotatable bonds is 5. The van der Waals surface area contributed by atoms with Crippen LogP contribution < -0.4 is 10.1 Å². The van der Waals surface area contributed by atoms with Crippen molar-refractivity contribution < 1.29 is 19.1 Å². The van der Waals surface area contributed by atoms with Crippen LogP contribution in [-0.2, 0) is 26.3 Å². The van der Waals surface area contributed by atoms with E-state index in [0.29, 0.717) is 16.1 Å². The van der Waals surface area contributed by atoms with Gasteiger partial charge in [0.15, 0.2) is 4.80 Å². The number of aromatic nitrogens is 1. The van der Waals surface area contributed by atoms with Crippen LogP contribution in [0.5, 0.6) is 0 Å². The van der Waals surface area contributed by atoms with Crippen LogP contribution in [0.4, 0.5) is 5.69 Å². The number of benzene rings is 2. The number of thiazole rings is 1. The predicted molar refractivity (Wildman–Crippen MR) is 126 cm³/mol. The molecule has 0 radical (unpaired) electrons. The lowest BCUT2D eigenvalue weighted by molar-refractivity contribution is -0.143. The zero-order chi connectivity index (χ0) is 23.5. The zero-order valence-electron chi connectivity index (χ0n) is 18.9. The minimum atomic E-state index is -0.415. The molecular weight excluding hydrogens is 426 g/mol. The highest BCUT2D eigenvalue weighted by Gasteiger charge is 2.16. The van der Waals surface area contributed by atoms with E-state index in [9.17, 15) is 14.4 Å². The summed E-state index contributed by atoms with van der Waals surface area (Å²) in [6.45, 7) is 9.70. The molecule has 0 atom stereocenters. The highest BCUT2D eigenvalue weighted by atomic mass is 32.1. The van der Waals surface area contributed by atoms with Gasteiger partial charge in [0.05, 0.1) is 16.8 Å². The highest BCUT2D eigenvalue weighted by molar-refractivity contribution is 7.16. The summed E-state index contributed by atoms with van der Waals surface area (Å²) in [5.41, 5.74) is 2.94. The molecule has 32 heavy (non-hydrogen) atoms. The van der Waals surface area contributed by atoms with Crippen LogP contribution in [0.2, 0.25) is 0 Å². The van der Waals surface area contributed by atoms with E-state index in [-0.39, 0.29) is 24.5 Å². The summed E-state index contributed by atoms with van der Waals surface area (Å²) < 4.78 is 7.54. The molecule has 0 bridgehead atoms. The fraction of sp³-hybridized carbons (Fsp3) is 0.333. The van der Waals surface area contributed by atoms with Gasteiger partial charge in [-0.3, -0.25) is 14.4 Å². The van der Waals surface area contributed by atoms with Gasteiger partial charge in [-0.25, -0.2) is 0 Å². The van der Waals surface area contributed by atoms with E-state index >= 15 is 0 Å². The second-order valence-corrected chi connectivity index (χ2v) is 9.39. The largest absolute Gasteiger partial charge is 0.465 e. The molecule has 2 amide bonds. The number of ether oxygens (including phenoxy) is 1. The van der Waals surface area contributed by atoms with E-state index in [4.69, 9.17) is 4.74 Å². The van der Waals surface area contributed by atoms with Crippen LogP contribution in [0.3, 0.4) is 0 Å². The first-order chi connectivity index (χ1) is 15.1. The molecule has 1 heterocycles. The Hall–Kier alpha value is -3.26. The van der Waals surface area contributed by atoms with Gasteiger partial charge < -0.3 is 14.6 Å². The molecule has 1 aromatic heterocycles. The first kappa shape index (κ1) is 23.4. The number of esters is 1. The van der Waals surface area contributed by atoms with Crippen molar-refractivity contribution in [2.24, 2.45) is 4.99 Å². The van der Waals surface area contributed by atoms with Crippen molar-refractivity contribution in [3.63, 3.8) is 0 Å². The van der Waals surface area contributed by atoms with E-state index in [0.717, 1.165) is 15.8 Å². The maximum absolute atomic E-state index is 12.9. The van der Waals surface area contributed by atoms with Gasteiger partial charge in [0, 0.05) is 18.2 Å². The molecule has 3 aromatic rings. The number of carbonyl (C=O) groups is 3. The Morgan fingerprint density at radius 2 is 1.78 bits per heavy atom. The first-order valence-electron chi connectivity index (χ1n) is 10.3. The highest BCUT2D eigenvalue weighted by Crippen LogP contribution is 2.24. The summed E-state index contributed by atoms with van der Waals surface area (Å²) in [5.74, 6) is -0.989. The fourth-order valence-electron chi connectivity index (χ4n) is 3.19. The summed E-state index contributed by atoms with van der Waals surface area (Å²) in [5, 5.41) is 2.74. The average Bonchev–Trinajstić information content (AvgIpc) is 3.03.